The van der Waals surface area contributed by atoms with E-state index in [0.29, 0.717) is 25.6 Å². The Balaban J connectivity index is 1.53. The van der Waals surface area contributed by atoms with Crippen LogP contribution in [-0.4, -0.2) is 76.2 Å². The first-order chi connectivity index (χ1) is 17.1. The SMILES string of the molecule is COCCOCCOCC(=O)N[C@@H](Cc1ccccc1)C(=O)N[C@@H]1C(=O)N[C@H]1Oc1ccccc1. The van der Waals surface area contributed by atoms with E-state index in [2.05, 4.69) is 16.0 Å². The summed E-state index contributed by atoms with van der Waals surface area (Å²) in [6.07, 6.45) is -0.458. The molecular weight excluding hydrogens is 454 g/mol. The molecule has 1 aliphatic heterocycles. The highest BCUT2D eigenvalue weighted by Gasteiger charge is 2.43. The third kappa shape index (κ3) is 8.67. The number of hydrogen-bond donors (Lipinski definition) is 3. The molecule has 3 amide bonds. The van der Waals surface area contributed by atoms with E-state index >= 15 is 0 Å². The molecule has 3 atom stereocenters. The van der Waals surface area contributed by atoms with Gasteiger partial charge in [0.25, 0.3) is 5.91 Å². The van der Waals surface area contributed by atoms with E-state index in [1.807, 2.05) is 48.5 Å². The molecular formula is C25H31N3O7. The smallest absolute Gasteiger partial charge is 0.251 e. The van der Waals surface area contributed by atoms with E-state index in [9.17, 15) is 14.4 Å². The summed E-state index contributed by atoms with van der Waals surface area (Å²) in [4.78, 5) is 37.6. The van der Waals surface area contributed by atoms with Crippen LogP contribution in [0.3, 0.4) is 0 Å². The van der Waals surface area contributed by atoms with E-state index in [1.165, 1.54) is 0 Å². The van der Waals surface area contributed by atoms with Gasteiger partial charge in [0.15, 0.2) is 6.04 Å². The van der Waals surface area contributed by atoms with Crippen molar-refractivity contribution in [1.82, 2.24) is 16.0 Å². The summed E-state index contributed by atoms with van der Waals surface area (Å²) in [6, 6.07) is 16.5. The molecule has 1 heterocycles. The van der Waals surface area contributed by atoms with Gasteiger partial charge in [0, 0.05) is 13.5 Å². The Morgan fingerprint density at radius 3 is 2.29 bits per heavy atom. The van der Waals surface area contributed by atoms with Crippen LogP contribution in [-0.2, 0) is 35.0 Å². The summed E-state index contributed by atoms with van der Waals surface area (Å²) in [5.74, 6) is -0.741. The van der Waals surface area contributed by atoms with Gasteiger partial charge < -0.3 is 34.9 Å². The molecule has 0 aromatic heterocycles. The summed E-state index contributed by atoms with van der Waals surface area (Å²) >= 11 is 0. The molecule has 10 heteroatoms. The molecule has 3 rings (SSSR count). The highest BCUT2D eigenvalue weighted by atomic mass is 16.5. The van der Waals surface area contributed by atoms with Crippen molar-refractivity contribution in [2.75, 3.05) is 40.1 Å². The zero-order chi connectivity index (χ0) is 24.9. The Morgan fingerprint density at radius 2 is 1.60 bits per heavy atom. The predicted octanol–water partition coefficient (Wildman–Crippen LogP) is 0.413. The number of benzene rings is 2. The van der Waals surface area contributed by atoms with E-state index in [0.717, 1.165) is 5.56 Å². The van der Waals surface area contributed by atoms with Crippen LogP contribution in [0.5, 0.6) is 5.75 Å². The second-order valence-corrected chi connectivity index (χ2v) is 7.81. The quantitative estimate of drug-likeness (QED) is 0.247. The van der Waals surface area contributed by atoms with Gasteiger partial charge in [0.2, 0.25) is 18.0 Å². The Labute approximate surface area is 204 Å². The largest absolute Gasteiger partial charge is 0.468 e. The van der Waals surface area contributed by atoms with Crippen LogP contribution < -0.4 is 20.7 Å². The third-order valence-electron chi connectivity index (χ3n) is 5.15. The van der Waals surface area contributed by atoms with Gasteiger partial charge in [-0.25, -0.2) is 0 Å². The normalized spacial score (nSPS) is 17.6. The Hall–Kier alpha value is -3.47. The van der Waals surface area contributed by atoms with Crippen molar-refractivity contribution in [3.05, 3.63) is 66.2 Å². The molecule has 188 valence electrons. The summed E-state index contributed by atoms with van der Waals surface area (Å²) < 4.78 is 21.2. The molecule has 35 heavy (non-hydrogen) atoms. The number of carbonyl (C=O) groups excluding carboxylic acids is 3. The zero-order valence-electron chi connectivity index (χ0n) is 19.6. The molecule has 2 aromatic rings. The fourth-order valence-electron chi connectivity index (χ4n) is 3.31. The second-order valence-electron chi connectivity index (χ2n) is 7.81. The highest BCUT2D eigenvalue weighted by Crippen LogP contribution is 2.16. The van der Waals surface area contributed by atoms with Crippen molar-refractivity contribution >= 4 is 17.7 Å². The molecule has 1 saturated heterocycles. The second kappa shape index (κ2) is 14.1. The molecule has 2 aromatic carbocycles. The number of hydrogen-bond acceptors (Lipinski definition) is 7. The first-order valence-corrected chi connectivity index (χ1v) is 11.4. The summed E-state index contributed by atoms with van der Waals surface area (Å²) in [5.41, 5.74) is 0.857. The monoisotopic (exact) mass is 485 g/mol. The van der Waals surface area contributed by atoms with E-state index in [1.54, 1.807) is 19.2 Å². The summed E-state index contributed by atoms with van der Waals surface area (Å²) in [5, 5.41) is 8.02. The molecule has 10 nitrogen and oxygen atoms in total. The number of amides is 3. The van der Waals surface area contributed by atoms with E-state index < -0.39 is 30.1 Å². The number of methoxy groups -OCH3 is 1. The third-order valence-corrected chi connectivity index (χ3v) is 5.15. The van der Waals surface area contributed by atoms with Gasteiger partial charge in [-0.15, -0.1) is 0 Å². The number of nitrogens with one attached hydrogen (secondary N) is 3. The topological polar surface area (TPSA) is 124 Å². The van der Waals surface area contributed by atoms with Crippen molar-refractivity contribution in [1.29, 1.82) is 0 Å². The van der Waals surface area contributed by atoms with Gasteiger partial charge in [-0.3, -0.25) is 14.4 Å². The van der Waals surface area contributed by atoms with Gasteiger partial charge in [0.05, 0.1) is 26.4 Å². The first-order valence-electron chi connectivity index (χ1n) is 11.4. The summed E-state index contributed by atoms with van der Waals surface area (Å²) in [7, 11) is 1.58. The zero-order valence-corrected chi connectivity index (χ0v) is 19.6. The minimum Gasteiger partial charge on any atom is -0.468 e. The first kappa shape index (κ1) is 26.1. The van der Waals surface area contributed by atoms with Crippen LogP contribution in [0.25, 0.3) is 0 Å². The van der Waals surface area contributed by atoms with Gasteiger partial charge in [-0.1, -0.05) is 48.5 Å². The van der Waals surface area contributed by atoms with Crippen LogP contribution in [0.2, 0.25) is 0 Å². The summed E-state index contributed by atoms with van der Waals surface area (Å²) in [6.45, 7) is 1.25. The average molecular weight is 486 g/mol. The van der Waals surface area contributed by atoms with Crippen molar-refractivity contribution in [2.24, 2.45) is 0 Å². The molecule has 0 spiro atoms. The molecule has 1 fully saturated rings. The maximum absolute atomic E-state index is 13.1. The number of para-hydroxylation sites is 1. The Morgan fingerprint density at radius 1 is 0.943 bits per heavy atom. The average Bonchev–Trinajstić information content (AvgIpc) is 2.87. The lowest BCUT2D eigenvalue weighted by molar-refractivity contribution is -0.144. The lowest BCUT2D eigenvalue weighted by Gasteiger charge is -2.37. The van der Waals surface area contributed by atoms with E-state index in [-0.39, 0.29) is 25.5 Å². The molecule has 0 bridgehead atoms. The molecule has 3 N–H and O–H groups in total. The Bertz CT molecular complexity index is 943. The number of rotatable bonds is 15. The van der Waals surface area contributed by atoms with Crippen LogP contribution >= 0.6 is 0 Å². The lowest BCUT2D eigenvalue weighted by atomic mass is 10.0. The molecule has 0 radical (unpaired) electrons. The van der Waals surface area contributed by atoms with E-state index in [4.69, 9.17) is 18.9 Å². The number of ether oxygens (including phenoxy) is 4. The predicted molar refractivity (Wildman–Crippen MR) is 127 cm³/mol. The fourth-order valence-corrected chi connectivity index (χ4v) is 3.31. The van der Waals surface area contributed by atoms with Crippen molar-refractivity contribution in [2.45, 2.75) is 24.7 Å². The van der Waals surface area contributed by atoms with Gasteiger partial charge in [-0.05, 0) is 17.7 Å². The van der Waals surface area contributed by atoms with Crippen molar-refractivity contribution in [3.63, 3.8) is 0 Å². The van der Waals surface area contributed by atoms with Gasteiger partial charge in [-0.2, -0.15) is 0 Å². The van der Waals surface area contributed by atoms with Gasteiger partial charge in [0.1, 0.15) is 18.4 Å². The van der Waals surface area contributed by atoms with Crippen molar-refractivity contribution < 1.29 is 33.3 Å². The van der Waals surface area contributed by atoms with Crippen LogP contribution in [0.15, 0.2) is 60.7 Å². The van der Waals surface area contributed by atoms with Crippen LogP contribution in [0, 0.1) is 0 Å². The minimum atomic E-state index is -0.905. The standard InChI is InChI=1S/C25H31N3O7/c1-32-12-13-33-14-15-34-17-21(29)26-20(16-18-8-4-2-5-9-18)23(30)27-22-24(31)28-25(22)35-19-10-6-3-7-11-19/h2-11,20,22,25H,12-17H2,1H3,(H,26,29)(H,27,30)(H,28,31)/t20-,22+,25-/m0/s1. The van der Waals surface area contributed by atoms with Crippen LogP contribution in [0.4, 0.5) is 0 Å². The highest BCUT2D eigenvalue weighted by molar-refractivity contribution is 5.95. The fraction of sp³-hybridized carbons (Fsp3) is 0.400. The van der Waals surface area contributed by atoms with Crippen molar-refractivity contribution in [3.8, 4) is 5.75 Å². The molecule has 1 aliphatic rings. The van der Waals surface area contributed by atoms with Gasteiger partial charge >= 0.3 is 0 Å². The molecule has 0 aliphatic carbocycles. The number of carbonyl (C=O) groups is 3. The maximum Gasteiger partial charge on any atom is 0.251 e. The minimum absolute atomic E-state index is 0.226. The number of β-lactam (4-membered cyclic amide) rings is 1. The maximum atomic E-state index is 13.1. The lowest BCUT2D eigenvalue weighted by Crippen LogP contribution is -2.72. The van der Waals surface area contributed by atoms with Crippen LogP contribution in [0.1, 0.15) is 5.56 Å². The molecule has 0 saturated carbocycles. The molecule has 0 unspecified atom stereocenters. The Kier molecular flexibility index (Phi) is 10.5.